The minimum atomic E-state index is -5.63. The highest BCUT2D eigenvalue weighted by Gasteiger charge is 2.58. The van der Waals surface area contributed by atoms with E-state index in [9.17, 15) is 38.5 Å². The van der Waals surface area contributed by atoms with E-state index in [-0.39, 0.29) is 24.8 Å². The molecular formula is C16H21FN5O11P. The van der Waals surface area contributed by atoms with Crippen LogP contribution in [0, 0.1) is 0 Å². The van der Waals surface area contributed by atoms with E-state index in [1.807, 2.05) is 0 Å². The summed E-state index contributed by atoms with van der Waals surface area (Å²) in [6, 6.07) is 0. The largest absolute Gasteiger partial charge is 0.502 e. The van der Waals surface area contributed by atoms with Crippen molar-refractivity contribution in [2.24, 2.45) is 10.7 Å². The Kier molecular flexibility index (Phi) is 6.66. The second-order valence-corrected chi connectivity index (χ2v) is 8.80. The molecular weight excluding hydrogens is 488 g/mol. The summed E-state index contributed by atoms with van der Waals surface area (Å²) < 4.78 is 40.7. The summed E-state index contributed by atoms with van der Waals surface area (Å²) in [4.78, 5) is 47.6. The SMILES string of the molecule is CCOC(=O)[C@@](CC(=O)O)(OCc1oc(N2CNC3=C(N)N=C(F)N[C@@H]32)c(O)c1O)P(=O)(O)O. The number of carbonyl (C=O) groups is 2. The molecule has 3 rings (SSSR count). The Morgan fingerprint density at radius 1 is 1.38 bits per heavy atom. The van der Waals surface area contributed by atoms with Gasteiger partial charge in [0.05, 0.1) is 25.4 Å². The number of carboxylic acid groups (broad SMARTS) is 1. The van der Waals surface area contributed by atoms with Crippen LogP contribution in [0.3, 0.4) is 0 Å². The van der Waals surface area contributed by atoms with Crippen molar-refractivity contribution in [3.8, 4) is 11.5 Å². The molecule has 0 spiro atoms. The lowest BCUT2D eigenvalue weighted by Crippen LogP contribution is -2.46. The zero-order chi connectivity index (χ0) is 25.4. The fourth-order valence-electron chi connectivity index (χ4n) is 3.26. The Hall–Kier alpha value is -3.53. The number of anilines is 1. The molecule has 0 unspecified atom stereocenters. The summed E-state index contributed by atoms with van der Waals surface area (Å²) in [7, 11) is -5.63. The second-order valence-electron chi connectivity index (χ2n) is 6.99. The van der Waals surface area contributed by atoms with Gasteiger partial charge in [-0.15, -0.1) is 0 Å². The van der Waals surface area contributed by atoms with Gasteiger partial charge in [0.2, 0.25) is 17.4 Å². The average Bonchev–Trinajstić information content (AvgIpc) is 3.26. The van der Waals surface area contributed by atoms with Crippen LogP contribution in [0.25, 0.3) is 0 Å². The number of hydrogen-bond acceptors (Lipinski definition) is 13. The van der Waals surface area contributed by atoms with E-state index >= 15 is 0 Å². The molecule has 0 aliphatic carbocycles. The topological polar surface area (TPSA) is 250 Å². The number of esters is 1. The minimum Gasteiger partial charge on any atom is -0.502 e. The van der Waals surface area contributed by atoms with Gasteiger partial charge < -0.3 is 55.4 Å². The third-order valence-corrected chi connectivity index (χ3v) is 6.26. The molecule has 0 amide bonds. The highest BCUT2D eigenvalue weighted by Crippen LogP contribution is 2.55. The molecule has 34 heavy (non-hydrogen) atoms. The highest BCUT2D eigenvalue weighted by molar-refractivity contribution is 7.54. The third-order valence-electron chi connectivity index (χ3n) is 4.84. The highest BCUT2D eigenvalue weighted by atomic mass is 31.2. The molecule has 0 bridgehead atoms. The molecule has 16 nitrogen and oxygen atoms in total. The predicted octanol–water partition coefficient (Wildman–Crippen LogP) is -1.13. The van der Waals surface area contributed by atoms with Crippen LogP contribution in [-0.4, -0.2) is 67.9 Å². The fourth-order valence-corrected chi connectivity index (χ4v) is 4.13. The number of aliphatic carboxylic acids is 1. The van der Waals surface area contributed by atoms with Crippen molar-refractivity contribution in [2.75, 3.05) is 18.2 Å². The Balaban J connectivity index is 1.92. The van der Waals surface area contributed by atoms with E-state index in [0.717, 1.165) is 0 Å². The lowest BCUT2D eigenvalue weighted by atomic mass is 10.2. The molecule has 1 aromatic rings. The first-order valence-electron chi connectivity index (χ1n) is 9.45. The average molecular weight is 509 g/mol. The lowest BCUT2D eigenvalue weighted by molar-refractivity contribution is -0.170. The van der Waals surface area contributed by atoms with Crippen molar-refractivity contribution in [3.05, 3.63) is 17.3 Å². The Labute approximate surface area is 189 Å². The summed E-state index contributed by atoms with van der Waals surface area (Å²) in [5, 5.41) is 31.5. The van der Waals surface area contributed by atoms with Gasteiger partial charge in [0, 0.05) is 0 Å². The van der Waals surface area contributed by atoms with Crippen molar-refractivity contribution in [3.63, 3.8) is 0 Å². The number of aromatic hydroxyl groups is 2. The normalized spacial score (nSPS) is 19.6. The van der Waals surface area contributed by atoms with Crippen molar-refractivity contribution in [1.29, 1.82) is 0 Å². The number of rotatable bonds is 9. The number of hydrogen-bond donors (Lipinski definition) is 8. The maximum absolute atomic E-state index is 13.7. The number of carbonyl (C=O) groups excluding carboxylic acids is 1. The van der Waals surface area contributed by atoms with Crippen molar-refractivity contribution in [1.82, 2.24) is 10.6 Å². The van der Waals surface area contributed by atoms with Gasteiger partial charge in [0.25, 0.3) is 11.4 Å². The van der Waals surface area contributed by atoms with E-state index < -0.39 is 73.3 Å². The molecule has 3 heterocycles. The monoisotopic (exact) mass is 509 g/mol. The second kappa shape index (κ2) is 9.02. The molecule has 2 atom stereocenters. The van der Waals surface area contributed by atoms with E-state index in [4.69, 9.17) is 20.0 Å². The van der Waals surface area contributed by atoms with Crippen molar-refractivity contribution < 1.29 is 57.5 Å². The quantitative estimate of drug-likeness (QED) is 0.111. The molecule has 2 aliphatic heterocycles. The number of nitrogens with one attached hydrogen (secondary N) is 2. The molecule has 18 heteroatoms. The van der Waals surface area contributed by atoms with E-state index in [1.165, 1.54) is 11.8 Å². The first-order chi connectivity index (χ1) is 15.8. The van der Waals surface area contributed by atoms with Crippen LogP contribution in [0.5, 0.6) is 11.5 Å². The van der Waals surface area contributed by atoms with Crippen LogP contribution in [0.15, 0.2) is 20.9 Å². The third kappa shape index (κ3) is 4.33. The molecule has 0 aromatic carbocycles. The molecule has 1 saturated heterocycles. The number of amidine groups is 1. The van der Waals surface area contributed by atoms with Gasteiger partial charge >= 0.3 is 19.5 Å². The Morgan fingerprint density at radius 2 is 2.06 bits per heavy atom. The zero-order valence-corrected chi connectivity index (χ0v) is 18.3. The maximum atomic E-state index is 13.7. The maximum Gasteiger partial charge on any atom is 0.369 e. The van der Waals surface area contributed by atoms with E-state index in [0.29, 0.717) is 0 Å². The Bertz CT molecular complexity index is 1120. The van der Waals surface area contributed by atoms with Crippen molar-refractivity contribution in [2.45, 2.75) is 31.5 Å². The van der Waals surface area contributed by atoms with Gasteiger partial charge in [0.1, 0.15) is 6.61 Å². The molecule has 0 radical (unpaired) electrons. The number of fused-ring (bicyclic) bond motifs is 1. The van der Waals surface area contributed by atoms with Gasteiger partial charge in [-0.2, -0.15) is 9.38 Å². The van der Waals surface area contributed by atoms with Crippen LogP contribution in [0.1, 0.15) is 19.1 Å². The van der Waals surface area contributed by atoms with Crippen LogP contribution < -0.4 is 21.3 Å². The first-order valence-corrected chi connectivity index (χ1v) is 11.1. The number of nitrogens with zero attached hydrogens (tertiary/aromatic N) is 2. The van der Waals surface area contributed by atoms with Gasteiger partial charge in [-0.1, -0.05) is 0 Å². The lowest BCUT2D eigenvalue weighted by Gasteiger charge is -2.30. The van der Waals surface area contributed by atoms with E-state index in [1.54, 1.807) is 0 Å². The van der Waals surface area contributed by atoms with Crippen LogP contribution in [0.4, 0.5) is 10.3 Å². The number of ether oxygens (including phenoxy) is 2. The summed E-state index contributed by atoms with van der Waals surface area (Å²) in [6.07, 6.45) is -3.54. The predicted molar refractivity (Wildman–Crippen MR) is 108 cm³/mol. The van der Waals surface area contributed by atoms with Gasteiger partial charge in [-0.3, -0.25) is 14.3 Å². The summed E-state index contributed by atoms with van der Waals surface area (Å²) >= 11 is 0. The number of halogens is 1. The summed E-state index contributed by atoms with van der Waals surface area (Å²) in [5.74, 6) is -6.50. The van der Waals surface area contributed by atoms with E-state index in [2.05, 4.69) is 20.4 Å². The molecule has 188 valence electrons. The molecule has 0 saturated carbocycles. The zero-order valence-electron chi connectivity index (χ0n) is 17.4. The smallest absolute Gasteiger partial charge is 0.369 e. The standard InChI is InChI=1S/C16H21FN5O11P/c1-2-31-14(27)16(3-7(23)24,34(28,29)30)32-4-6-9(25)10(26)13(33-6)22-5-19-8-11(18)20-15(17)21-12(8)22/h12,19,25-26H,2-5,18H2,1H3,(H,20,21)(H,23,24)(H2,28,29,30)/t12-,16+/m1/s1. The van der Waals surface area contributed by atoms with Crippen LogP contribution in [0.2, 0.25) is 0 Å². The number of aliphatic imine (C=N–C) groups is 1. The number of carboxylic acids is 1. The fraction of sp³-hybridized carbons (Fsp3) is 0.438. The Morgan fingerprint density at radius 3 is 2.65 bits per heavy atom. The van der Waals surface area contributed by atoms with Crippen LogP contribution in [-0.2, 0) is 30.2 Å². The molecule has 1 fully saturated rings. The van der Waals surface area contributed by atoms with Gasteiger partial charge in [-0.25, -0.2) is 4.79 Å². The number of nitrogens with two attached hydrogens (primary N) is 1. The molecule has 2 aliphatic rings. The summed E-state index contributed by atoms with van der Waals surface area (Å²) in [6.45, 7) is -0.212. The summed E-state index contributed by atoms with van der Waals surface area (Å²) in [5.41, 5.74) is 5.88. The van der Waals surface area contributed by atoms with Gasteiger partial charge in [0.15, 0.2) is 17.7 Å². The van der Waals surface area contributed by atoms with Gasteiger partial charge in [-0.05, 0) is 6.92 Å². The number of furan rings is 1. The molecule has 1 aromatic heterocycles. The van der Waals surface area contributed by atoms with Crippen molar-refractivity contribution >= 4 is 31.5 Å². The first kappa shape index (κ1) is 25.1. The minimum absolute atomic E-state index is 0.106. The van der Waals surface area contributed by atoms with Crippen LogP contribution >= 0.6 is 7.60 Å². The molecule has 9 N–H and O–H groups in total.